The molecule has 6 rings (SSSR count). The van der Waals surface area contributed by atoms with Crippen LogP contribution in [0, 0.1) is 34.5 Å². The van der Waals surface area contributed by atoms with Crippen LogP contribution in [0.5, 0.6) is 0 Å². The van der Waals surface area contributed by atoms with Gasteiger partial charge in [0.2, 0.25) is 0 Å². The van der Waals surface area contributed by atoms with Crippen molar-refractivity contribution >= 4 is 11.7 Å². The molecule has 0 bridgehead atoms. The Morgan fingerprint density at radius 3 is 2.69 bits per heavy atom. The zero-order valence-corrected chi connectivity index (χ0v) is 26.4. The Kier molecular flexibility index (Phi) is 8.02. The summed E-state index contributed by atoms with van der Waals surface area (Å²) in [5, 5.41) is 19.0. The van der Waals surface area contributed by atoms with Crippen molar-refractivity contribution in [3.05, 3.63) is 36.0 Å². The molecule has 5 fully saturated rings. The second kappa shape index (κ2) is 11.2. The Morgan fingerprint density at radius 1 is 1.21 bits per heavy atom. The van der Waals surface area contributed by atoms with E-state index in [2.05, 4.69) is 38.7 Å². The lowest BCUT2D eigenvalue weighted by Gasteiger charge is -2.60. The number of carbonyl (C=O) groups is 1. The number of carbonyl (C=O) groups excluding carboxylic acids is 1. The molecule has 4 saturated carbocycles. The molecule has 232 valence electrons. The molecule has 5 aliphatic carbocycles. The number of esters is 1. The van der Waals surface area contributed by atoms with Crippen LogP contribution in [0.3, 0.4) is 0 Å². The van der Waals surface area contributed by atoms with Gasteiger partial charge in [-0.1, -0.05) is 70.4 Å². The third-order valence-corrected chi connectivity index (χ3v) is 12.0. The van der Waals surface area contributed by atoms with E-state index in [0.717, 1.165) is 49.8 Å². The first-order chi connectivity index (χ1) is 20.0. The third-order valence-electron chi connectivity index (χ3n) is 12.0. The molecule has 1 heterocycles. The molecular weight excluding hydrogens is 528 g/mol. The van der Waals surface area contributed by atoms with Gasteiger partial charge < -0.3 is 24.3 Å². The predicted molar refractivity (Wildman–Crippen MR) is 164 cm³/mol. The molecule has 7 heteroatoms. The van der Waals surface area contributed by atoms with E-state index in [1.165, 1.54) is 24.8 Å². The maximum Gasteiger partial charge on any atom is 0.306 e. The molecule has 1 aliphatic heterocycles. The number of hydrogen-bond donors (Lipinski definition) is 1. The summed E-state index contributed by atoms with van der Waals surface area (Å²) in [7, 11) is 3.82. The Morgan fingerprint density at radius 2 is 1.98 bits per heavy atom. The fourth-order valence-electron chi connectivity index (χ4n) is 10.2. The van der Waals surface area contributed by atoms with Crippen LogP contribution in [0.2, 0.25) is 0 Å². The fourth-order valence-corrected chi connectivity index (χ4v) is 10.2. The lowest BCUT2D eigenvalue weighted by Crippen LogP contribution is -2.64. The van der Waals surface area contributed by atoms with Crippen molar-refractivity contribution < 1.29 is 24.1 Å². The van der Waals surface area contributed by atoms with E-state index < -0.39 is 17.1 Å². The van der Waals surface area contributed by atoms with Crippen LogP contribution < -0.4 is 0 Å². The van der Waals surface area contributed by atoms with Crippen molar-refractivity contribution in [1.82, 2.24) is 5.01 Å². The lowest BCUT2D eigenvalue weighted by atomic mass is 9.46. The largest absolute Gasteiger partial charge is 0.459 e. The van der Waals surface area contributed by atoms with Gasteiger partial charge in [0.25, 0.3) is 0 Å². The van der Waals surface area contributed by atoms with Crippen molar-refractivity contribution in [3.63, 3.8) is 0 Å². The third kappa shape index (κ3) is 4.64. The quantitative estimate of drug-likeness (QED) is 0.220. The first-order valence-corrected chi connectivity index (χ1v) is 16.5. The Bertz CT molecular complexity index is 1170. The fraction of sp³-hybridized carbons (Fsp3) is 0.771. The summed E-state index contributed by atoms with van der Waals surface area (Å²) >= 11 is 0. The number of allylic oxidation sites excluding steroid dienone is 5. The van der Waals surface area contributed by atoms with E-state index >= 15 is 0 Å². The maximum atomic E-state index is 12.6. The average molecular weight is 581 g/mol. The summed E-state index contributed by atoms with van der Waals surface area (Å²) in [5.74, 6) is 0.881. The van der Waals surface area contributed by atoms with Gasteiger partial charge in [-0.05, 0) is 62.4 Å². The number of hydrogen-bond acceptors (Lipinski definition) is 7. The molecule has 0 aromatic rings. The highest BCUT2D eigenvalue weighted by molar-refractivity contribution is 5.97. The second-order valence-corrected chi connectivity index (χ2v) is 14.7. The van der Waals surface area contributed by atoms with Gasteiger partial charge in [0, 0.05) is 43.2 Å². The first kappa shape index (κ1) is 30.1. The van der Waals surface area contributed by atoms with Gasteiger partial charge >= 0.3 is 5.97 Å². The van der Waals surface area contributed by atoms with Crippen molar-refractivity contribution in [2.24, 2.45) is 39.6 Å². The number of aliphatic hydroxyl groups excluding tert-OH is 1. The van der Waals surface area contributed by atoms with Gasteiger partial charge in [-0.2, -0.15) is 5.10 Å². The second-order valence-electron chi connectivity index (χ2n) is 14.7. The molecule has 42 heavy (non-hydrogen) atoms. The molecule has 1 N–H and O–H groups in total. The number of ether oxygens (including phenoxy) is 3. The van der Waals surface area contributed by atoms with Crippen LogP contribution in [0.4, 0.5) is 0 Å². The van der Waals surface area contributed by atoms with E-state index in [4.69, 9.17) is 19.3 Å². The highest BCUT2D eigenvalue weighted by Gasteiger charge is 2.75. The molecule has 9 atom stereocenters. The van der Waals surface area contributed by atoms with Gasteiger partial charge in [-0.25, -0.2) is 0 Å². The Balaban J connectivity index is 1.41. The van der Waals surface area contributed by atoms with E-state index in [9.17, 15) is 9.90 Å². The highest BCUT2D eigenvalue weighted by Crippen LogP contribution is 2.70. The van der Waals surface area contributed by atoms with Crippen LogP contribution in [-0.4, -0.2) is 66.6 Å². The summed E-state index contributed by atoms with van der Waals surface area (Å²) in [5.41, 5.74) is 1.70. The summed E-state index contributed by atoms with van der Waals surface area (Å²) in [6.07, 6.45) is 16.2. The van der Waals surface area contributed by atoms with E-state index in [1.54, 1.807) is 5.01 Å². The number of rotatable bonds is 7. The van der Waals surface area contributed by atoms with E-state index in [1.807, 2.05) is 21.0 Å². The molecule has 1 unspecified atom stereocenters. The minimum absolute atomic E-state index is 0.0796. The smallest absolute Gasteiger partial charge is 0.306 e. The van der Waals surface area contributed by atoms with Gasteiger partial charge in [0.1, 0.15) is 17.9 Å². The maximum absolute atomic E-state index is 12.6. The van der Waals surface area contributed by atoms with Crippen LogP contribution >= 0.6 is 0 Å². The Hall–Kier alpha value is -1.96. The zero-order valence-electron chi connectivity index (χ0n) is 26.4. The topological polar surface area (TPSA) is 80.6 Å². The van der Waals surface area contributed by atoms with Gasteiger partial charge in [-0.3, -0.25) is 4.79 Å². The molecule has 7 nitrogen and oxygen atoms in total. The van der Waals surface area contributed by atoms with Gasteiger partial charge in [0.05, 0.1) is 12.2 Å². The van der Waals surface area contributed by atoms with Gasteiger partial charge in [-0.15, -0.1) is 0 Å². The number of aliphatic hydroxyl groups is 1. The lowest BCUT2D eigenvalue weighted by molar-refractivity contribution is -0.190. The average Bonchev–Trinajstić information content (AvgIpc) is 3.44. The highest BCUT2D eigenvalue weighted by atomic mass is 16.7. The van der Waals surface area contributed by atoms with Crippen molar-refractivity contribution in [2.45, 2.75) is 115 Å². The monoisotopic (exact) mass is 580 g/mol. The molecule has 1 saturated heterocycles. The SMILES string of the molecule is C=C1C=C[C@@]2(C)C(=C1)CC[C@@H]1[C@@H]2[C@@H](O)C[C@@]2(C)[C@H]1C[C@H]1OC(C3CCCCC3)O[C@]12C(COC(=O)CCC)=NN(C)C. The van der Waals surface area contributed by atoms with E-state index in [-0.39, 0.29) is 36.3 Å². The van der Waals surface area contributed by atoms with Crippen LogP contribution in [-0.2, 0) is 19.0 Å². The molecular formula is C35H52N2O5. The summed E-state index contributed by atoms with van der Waals surface area (Å²) in [6.45, 7) is 10.9. The van der Waals surface area contributed by atoms with Crippen LogP contribution in [0.1, 0.15) is 91.4 Å². The van der Waals surface area contributed by atoms with Gasteiger partial charge in [0.15, 0.2) is 6.29 Å². The summed E-state index contributed by atoms with van der Waals surface area (Å²) < 4.78 is 20.2. The van der Waals surface area contributed by atoms with Crippen molar-refractivity contribution in [1.29, 1.82) is 0 Å². The molecule has 6 aliphatic rings. The number of nitrogens with zero attached hydrogens (tertiary/aromatic N) is 2. The van der Waals surface area contributed by atoms with Crippen LogP contribution in [0.25, 0.3) is 0 Å². The summed E-state index contributed by atoms with van der Waals surface area (Å²) in [4.78, 5) is 12.6. The molecule has 0 aromatic carbocycles. The van der Waals surface area contributed by atoms with Crippen molar-refractivity contribution in [2.75, 3.05) is 20.7 Å². The molecule has 0 aromatic heterocycles. The minimum atomic E-state index is -0.865. The number of hydrazone groups is 1. The molecule has 0 radical (unpaired) electrons. The van der Waals surface area contributed by atoms with Crippen LogP contribution in [0.15, 0.2) is 41.1 Å². The van der Waals surface area contributed by atoms with Crippen molar-refractivity contribution in [3.8, 4) is 0 Å². The predicted octanol–water partition coefficient (Wildman–Crippen LogP) is 6.18. The normalized spacial score (nSPS) is 43.2. The standard InChI is InChI=1S/C35H52N2O5/c1-7-11-30(39)40-21-28(36-37(5)6)35-29(41-32(42-35)23-12-9-8-10-13-23)19-26-25-15-14-24-18-22(2)16-17-33(24,3)31(25)27(38)20-34(26,35)4/h16-18,23,25-27,29,31-32,38H,2,7-15,19-21H2,1,3-6H3/t25-,26-,27-,29+,31+,32?,33-,34-,35+/m0/s1. The summed E-state index contributed by atoms with van der Waals surface area (Å²) in [6, 6.07) is 0. The minimum Gasteiger partial charge on any atom is -0.459 e. The first-order valence-electron chi connectivity index (χ1n) is 16.5. The Labute approximate surface area is 252 Å². The van der Waals surface area contributed by atoms with E-state index in [0.29, 0.717) is 30.6 Å². The molecule has 0 amide bonds. The molecule has 0 spiro atoms. The zero-order chi connectivity index (χ0) is 29.9. The number of fused-ring (bicyclic) bond motifs is 7.